The minimum absolute atomic E-state index is 0.378. The Morgan fingerprint density at radius 3 is 2.81 bits per heavy atom. The third-order valence-corrected chi connectivity index (χ3v) is 1.92. The number of carbonyl (C=O) groups is 1. The van der Waals surface area contributed by atoms with Gasteiger partial charge in [0.2, 0.25) is 0 Å². The van der Waals surface area contributed by atoms with Crippen LogP contribution in [0.4, 0.5) is 0 Å². The Balaban J connectivity index is 2.64. The lowest BCUT2D eigenvalue weighted by Crippen LogP contribution is -2.04. The average Bonchev–Trinajstić information content (AvgIpc) is 2.34. The Morgan fingerprint density at radius 2 is 2.19 bits per heavy atom. The van der Waals surface area contributed by atoms with Gasteiger partial charge in [-0.3, -0.25) is 4.79 Å². The highest BCUT2D eigenvalue weighted by atomic mass is 16.5. The number of hydrogen-bond donors (Lipinski definition) is 0. The quantitative estimate of drug-likeness (QED) is 0.517. The Labute approximate surface area is 94.3 Å². The molecular weight excluding hydrogens is 210 g/mol. The number of aldehydes is 1. The van der Waals surface area contributed by atoms with Crippen LogP contribution >= 0.6 is 0 Å². The van der Waals surface area contributed by atoms with Crippen LogP contribution < -0.4 is 9.47 Å². The topological polar surface area (TPSA) is 57.7 Å². The minimum Gasteiger partial charge on any atom is -0.488 e. The molecule has 0 amide bonds. The van der Waals surface area contributed by atoms with Crippen molar-refractivity contribution in [3.63, 3.8) is 0 Å². The van der Waals surface area contributed by atoms with Crippen LogP contribution in [0.5, 0.6) is 11.6 Å². The summed E-state index contributed by atoms with van der Waals surface area (Å²) in [7, 11) is 3.14. The summed E-state index contributed by atoms with van der Waals surface area (Å²) in [6.07, 6.45) is 2.92. The molecule has 1 heterocycles. The lowest BCUT2D eigenvalue weighted by molar-refractivity contribution is 0.112. The molecule has 0 bridgehead atoms. The molecule has 0 unspecified atom stereocenters. The predicted octanol–water partition coefficient (Wildman–Crippen LogP) is 1.32. The van der Waals surface area contributed by atoms with Crippen LogP contribution in [-0.2, 0) is 4.74 Å². The molecule has 0 aliphatic rings. The second kappa shape index (κ2) is 6.79. The Kier molecular flexibility index (Phi) is 5.28. The van der Waals surface area contributed by atoms with Crippen LogP contribution in [0.1, 0.15) is 16.8 Å². The fraction of sp³-hybridized carbons (Fsp3) is 0.455. The van der Waals surface area contributed by atoms with Crippen molar-refractivity contribution in [2.24, 2.45) is 0 Å². The molecule has 1 aromatic rings. The number of methoxy groups -OCH3 is 2. The van der Waals surface area contributed by atoms with Crippen LogP contribution in [0.25, 0.3) is 0 Å². The van der Waals surface area contributed by atoms with Gasteiger partial charge in [0.15, 0.2) is 12.0 Å². The van der Waals surface area contributed by atoms with E-state index in [0.717, 1.165) is 6.42 Å². The van der Waals surface area contributed by atoms with Crippen molar-refractivity contribution in [1.29, 1.82) is 0 Å². The molecule has 0 fully saturated rings. The molecular formula is C11H15NO4. The Bertz CT molecular complexity index is 341. The first-order chi connectivity index (χ1) is 7.81. The normalized spacial score (nSPS) is 9.88. The van der Waals surface area contributed by atoms with Gasteiger partial charge in [0.05, 0.1) is 13.7 Å². The van der Waals surface area contributed by atoms with E-state index in [-0.39, 0.29) is 0 Å². The molecule has 0 aromatic carbocycles. The molecule has 0 aliphatic carbocycles. The van der Waals surface area contributed by atoms with Gasteiger partial charge in [-0.05, 0) is 6.07 Å². The number of carbonyl (C=O) groups excluding carboxylic acids is 1. The lowest BCUT2D eigenvalue weighted by atomic mass is 10.3. The molecule has 1 aromatic heterocycles. The zero-order chi connectivity index (χ0) is 11.8. The molecule has 5 heteroatoms. The summed E-state index contributed by atoms with van der Waals surface area (Å²) in [5.41, 5.74) is 0.461. The van der Waals surface area contributed by atoms with Crippen molar-refractivity contribution >= 4 is 6.29 Å². The highest BCUT2D eigenvalue weighted by Gasteiger charge is 2.06. The first-order valence-electron chi connectivity index (χ1n) is 4.92. The van der Waals surface area contributed by atoms with Crippen LogP contribution in [0.15, 0.2) is 12.3 Å². The summed E-state index contributed by atoms with van der Waals surface area (Å²) >= 11 is 0. The van der Waals surface area contributed by atoms with E-state index in [2.05, 4.69) is 4.98 Å². The van der Waals surface area contributed by atoms with E-state index < -0.39 is 0 Å². The maximum atomic E-state index is 10.6. The Hall–Kier alpha value is -1.62. The van der Waals surface area contributed by atoms with Gasteiger partial charge >= 0.3 is 0 Å². The van der Waals surface area contributed by atoms with E-state index in [1.54, 1.807) is 13.2 Å². The largest absolute Gasteiger partial charge is 0.488 e. The number of rotatable bonds is 7. The van der Waals surface area contributed by atoms with E-state index in [1.165, 1.54) is 13.3 Å². The zero-order valence-corrected chi connectivity index (χ0v) is 9.43. The molecule has 0 saturated heterocycles. The maximum absolute atomic E-state index is 10.6. The van der Waals surface area contributed by atoms with Crippen molar-refractivity contribution in [1.82, 2.24) is 4.98 Å². The summed E-state index contributed by atoms with van der Waals surface area (Å²) in [5, 5.41) is 0. The first kappa shape index (κ1) is 12.4. The van der Waals surface area contributed by atoms with Gasteiger partial charge in [0.25, 0.3) is 5.88 Å². The number of hydrogen-bond acceptors (Lipinski definition) is 5. The highest BCUT2D eigenvalue weighted by molar-refractivity contribution is 5.75. The predicted molar refractivity (Wildman–Crippen MR) is 58.2 cm³/mol. The summed E-state index contributed by atoms with van der Waals surface area (Å²) in [6, 6.07) is 1.60. The van der Waals surface area contributed by atoms with Crippen molar-refractivity contribution in [2.45, 2.75) is 6.42 Å². The van der Waals surface area contributed by atoms with Crippen LogP contribution in [0.2, 0.25) is 0 Å². The molecule has 0 spiro atoms. The Morgan fingerprint density at radius 1 is 1.38 bits per heavy atom. The fourth-order valence-electron chi connectivity index (χ4n) is 1.15. The van der Waals surface area contributed by atoms with Gasteiger partial charge in [-0.15, -0.1) is 0 Å². The molecule has 0 N–H and O–H groups in total. The molecule has 0 aliphatic heterocycles. The third kappa shape index (κ3) is 3.51. The van der Waals surface area contributed by atoms with Gasteiger partial charge < -0.3 is 14.2 Å². The second-order valence-corrected chi connectivity index (χ2v) is 3.09. The van der Waals surface area contributed by atoms with Crippen molar-refractivity contribution < 1.29 is 19.0 Å². The van der Waals surface area contributed by atoms with Gasteiger partial charge in [-0.2, -0.15) is 0 Å². The maximum Gasteiger partial charge on any atom is 0.256 e. The summed E-state index contributed by atoms with van der Waals surface area (Å²) in [4.78, 5) is 14.5. The number of aromatic nitrogens is 1. The molecule has 0 atom stereocenters. The van der Waals surface area contributed by atoms with Gasteiger partial charge in [0.1, 0.15) is 0 Å². The number of ether oxygens (including phenoxy) is 3. The van der Waals surface area contributed by atoms with Gasteiger partial charge in [0, 0.05) is 31.9 Å². The van der Waals surface area contributed by atoms with E-state index in [4.69, 9.17) is 14.2 Å². The lowest BCUT2D eigenvalue weighted by Gasteiger charge is -2.09. The van der Waals surface area contributed by atoms with E-state index in [1.807, 2.05) is 0 Å². The SMILES string of the molecule is COCCCOc1cc(C=O)cnc1OC. The molecule has 0 saturated carbocycles. The molecule has 16 heavy (non-hydrogen) atoms. The highest BCUT2D eigenvalue weighted by Crippen LogP contribution is 2.24. The van der Waals surface area contributed by atoms with Crippen molar-refractivity contribution in [3.8, 4) is 11.6 Å². The van der Waals surface area contributed by atoms with Gasteiger partial charge in [-0.1, -0.05) is 0 Å². The van der Waals surface area contributed by atoms with E-state index >= 15 is 0 Å². The van der Waals surface area contributed by atoms with Crippen molar-refractivity contribution in [3.05, 3.63) is 17.8 Å². The molecule has 5 nitrogen and oxygen atoms in total. The van der Waals surface area contributed by atoms with E-state index in [0.29, 0.717) is 36.7 Å². The van der Waals surface area contributed by atoms with Crippen molar-refractivity contribution in [2.75, 3.05) is 27.4 Å². The van der Waals surface area contributed by atoms with Crippen LogP contribution in [0, 0.1) is 0 Å². The molecule has 1 rings (SSSR count). The number of nitrogens with zero attached hydrogens (tertiary/aromatic N) is 1. The minimum atomic E-state index is 0.378. The van der Waals surface area contributed by atoms with Crippen LogP contribution in [-0.4, -0.2) is 38.7 Å². The second-order valence-electron chi connectivity index (χ2n) is 3.09. The summed E-state index contributed by atoms with van der Waals surface area (Å²) in [6.45, 7) is 1.12. The zero-order valence-electron chi connectivity index (χ0n) is 9.43. The summed E-state index contributed by atoms with van der Waals surface area (Å²) in [5.74, 6) is 0.853. The van der Waals surface area contributed by atoms with E-state index in [9.17, 15) is 4.79 Å². The summed E-state index contributed by atoms with van der Waals surface area (Å²) < 4.78 is 15.4. The van der Waals surface area contributed by atoms with Crippen LogP contribution in [0.3, 0.4) is 0 Å². The average molecular weight is 225 g/mol. The smallest absolute Gasteiger partial charge is 0.256 e. The number of pyridine rings is 1. The third-order valence-electron chi connectivity index (χ3n) is 1.92. The first-order valence-corrected chi connectivity index (χ1v) is 4.92. The standard InChI is InChI=1S/C11H15NO4/c1-14-4-3-5-16-10-6-9(8-13)7-12-11(10)15-2/h6-8H,3-5H2,1-2H3. The fourth-order valence-corrected chi connectivity index (χ4v) is 1.15. The molecule has 0 radical (unpaired) electrons. The molecule has 88 valence electrons. The van der Waals surface area contributed by atoms with Gasteiger partial charge in [-0.25, -0.2) is 4.98 Å². The monoisotopic (exact) mass is 225 g/mol.